The van der Waals surface area contributed by atoms with Gasteiger partial charge < -0.3 is 25.8 Å². The third-order valence-electron chi connectivity index (χ3n) is 5.15. The number of carboxylic acid groups (broad SMARTS) is 1. The summed E-state index contributed by atoms with van der Waals surface area (Å²) in [6.07, 6.45) is 0.0110. The van der Waals surface area contributed by atoms with E-state index in [4.69, 9.17) is 4.74 Å². The van der Waals surface area contributed by atoms with Crippen LogP contribution in [0.4, 0.5) is 0 Å². The van der Waals surface area contributed by atoms with Gasteiger partial charge in [0.15, 0.2) is 0 Å². The van der Waals surface area contributed by atoms with Gasteiger partial charge in [0.25, 0.3) is 0 Å². The molecule has 0 aromatic heterocycles. The van der Waals surface area contributed by atoms with Crippen LogP contribution in [0.1, 0.15) is 17.5 Å². The Balaban J connectivity index is 1.56. The molecule has 1 fully saturated rings. The van der Waals surface area contributed by atoms with E-state index in [-0.39, 0.29) is 12.8 Å². The van der Waals surface area contributed by atoms with Crippen LogP contribution in [0.5, 0.6) is 5.75 Å². The van der Waals surface area contributed by atoms with Crippen LogP contribution in [0.25, 0.3) is 0 Å². The Hall–Kier alpha value is -3.88. The number of piperazine rings is 1. The summed E-state index contributed by atoms with van der Waals surface area (Å²) in [5, 5.41) is 17.1. The standard InChI is InChI=1S/C23H25N3O6/c1-32-16-9-5-8-15(10-16)12-19(23(30)31)24-20(27)13-18-22(29)25-17(21(28)26-18)11-14-6-3-2-4-7-14/h2-10,17-19H,11-13H2,1H3,(H,24,27)(H,25,29)(H,26,28)(H,30,31)/t17-,18-,19+/m0/s1. The van der Waals surface area contributed by atoms with E-state index in [9.17, 15) is 24.3 Å². The zero-order chi connectivity index (χ0) is 23.1. The molecule has 9 nitrogen and oxygen atoms in total. The molecule has 1 aliphatic rings. The van der Waals surface area contributed by atoms with E-state index in [0.29, 0.717) is 17.7 Å². The van der Waals surface area contributed by atoms with E-state index >= 15 is 0 Å². The average Bonchev–Trinajstić information content (AvgIpc) is 2.77. The van der Waals surface area contributed by atoms with Gasteiger partial charge in [-0.1, -0.05) is 42.5 Å². The van der Waals surface area contributed by atoms with E-state index in [1.54, 1.807) is 24.3 Å². The normalized spacial score (nSPS) is 18.8. The van der Waals surface area contributed by atoms with Crippen molar-refractivity contribution in [3.05, 3.63) is 65.7 Å². The van der Waals surface area contributed by atoms with Crippen LogP contribution >= 0.6 is 0 Å². The zero-order valence-corrected chi connectivity index (χ0v) is 17.5. The van der Waals surface area contributed by atoms with Gasteiger partial charge in [-0.3, -0.25) is 14.4 Å². The summed E-state index contributed by atoms with van der Waals surface area (Å²) >= 11 is 0. The first-order chi connectivity index (χ1) is 15.4. The van der Waals surface area contributed by atoms with Crippen LogP contribution in [0, 0.1) is 0 Å². The average molecular weight is 439 g/mol. The lowest BCUT2D eigenvalue weighted by Gasteiger charge is -2.29. The predicted octanol–water partition coefficient (Wildman–Crippen LogP) is 0.423. The first-order valence-corrected chi connectivity index (χ1v) is 10.2. The fourth-order valence-corrected chi connectivity index (χ4v) is 3.49. The summed E-state index contributed by atoms with van der Waals surface area (Å²) < 4.78 is 5.13. The lowest BCUT2D eigenvalue weighted by atomic mass is 10.0. The predicted molar refractivity (Wildman–Crippen MR) is 115 cm³/mol. The molecule has 0 bridgehead atoms. The molecule has 168 valence electrons. The minimum absolute atomic E-state index is 0.0423. The van der Waals surface area contributed by atoms with Crippen molar-refractivity contribution < 1.29 is 29.0 Å². The number of amides is 3. The number of benzene rings is 2. The second kappa shape index (κ2) is 10.4. The van der Waals surface area contributed by atoms with Crippen LogP contribution in [-0.4, -0.2) is 54.0 Å². The van der Waals surface area contributed by atoms with Gasteiger partial charge in [0.05, 0.1) is 13.5 Å². The summed E-state index contributed by atoms with van der Waals surface area (Å²) in [7, 11) is 1.50. The molecule has 2 aromatic rings. The number of carbonyl (C=O) groups is 4. The Morgan fingerprint density at radius 1 is 1.00 bits per heavy atom. The molecule has 1 aliphatic heterocycles. The topological polar surface area (TPSA) is 134 Å². The summed E-state index contributed by atoms with van der Waals surface area (Å²) in [5.74, 6) is -2.16. The molecule has 32 heavy (non-hydrogen) atoms. The highest BCUT2D eigenvalue weighted by molar-refractivity contribution is 5.99. The minimum Gasteiger partial charge on any atom is -0.497 e. The molecule has 9 heteroatoms. The maximum atomic E-state index is 12.4. The van der Waals surface area contributed by atoms with Crippen molar-refractivity contribution in [2.24, 2.45) is 0 Å². The van der Waals surface area contributed by atoms with E-state index in [1.165, 1.54) is 7.11 Å². The lowest BCUT2D eigenvalue weighted by Crippen LogP contribution is -2.63. The number of hydrogen-bond donors (Lipinski definition) is 4. The van der Waals surface area contributed by atoms with Crippen molar-refractivity contribution in [2.45, 2.75) is 37.4 Å². The Bertz CT molecular complexity index is 994. The molecular weight excluding hydrogens is 414 g/mol. The molecule has 3 atom stereocenters. The third-order valence-corrected chi connectivity index (χ3v) is 5.15. The van der Waals surface area contributed by atoms with Crippen LogP contribution in [0.15, 0.2) is 54.6 Å². The number of aliphatic carboxylic acids is 1. The molecule has 0 aliphatic carbocycles. The molecule has 3 rings (SSSR count). The van der Waals surface area contributed by atoms with Crippen LogP contribution in [0.2, 0.25) is 0 Å². The smallest absolute Gasteiger partial charge is 0.326 e. The van der Waals surface area contributed by atoms with E-state index in [0.717, 1.165) is 5.56 Å². The number of nitrogens with one attached hydrogen (secondary N) is 3. The van der Waals surface area contributed by atoms with Crippen molar-refractivity contribution in [3.63, 3.8) is 0 Å². The highest BCUT2D eigenvalue weighted by Crippen LogP contribution is 2.14. The molecule has 3 amide bonds. The van der Waals surface area contributed by atoms with Crippen LogP contribution in [-0.2, 0) is 32.0 Å². The van der Waals surface area contributed by atoms with Gasteiger partial charge >= 0.3 is 5.97 Å². The van der Waals surface area contributed by atoms with Crippen molar-refractivity contribution in [1.29, 1.82) is 0 Å². The van der Waals surface area contributed by atoms with Gasteiger partial charge in [-0.2, -0.15) is 0 Å². The monoisotopic (exact) mass is 439 g/mol. The summed E-state index contributed by atoms with van der Waals surface area (Å²) in [5.41, 5.74) is 1.57. The Morgan fingerprint density at radius 3 is 2.34 bits per heavy atom. The summed E-state index contributed by atoms with van der Waals surface area (Å²) in [6.45, 7) is 0. The van der Waals surface area contributed by atoms with Crippen LogP contribution in [0.3, 0.4) is 0 Å². The molecule has 1 heterocycles. The Labute approximate surface area is 185 Å². The molecule has 0 radical (unpaired) electrons. The Kier molecular flexibility index (Phi) is 7.43. The number of methoxy groups -OCH3 is 1. The van der Waals surface area contributed by atoms with Gasteiger partial charge in [-0.25, -0.2) is 4.79 Å². The fraction of sp³-hybridized carbons (Fsp3) is 0.304. The number of rotatable bonds is 9. The molecular formula is C23H25N3O6. The number of hydrogen-bond acceptors (Lipinski definition) is 5. The van der Waals surface area contributed by atoms with Gasteiger partial charge in [0.1, 0.15) is 23.9 Å². The van der Waals surface area contributed by atoms with Crippen LogP contribution < -0.4 is 20.7 Å². The molecule has 2 aromatic carbocycles. The second-order valence-corrected chi connectivity index (χ2v) is 7.53. The van der Waals surface area contributed by atoms with Crippen molar-refractivity contribution >= 4 is 23.7 Å². The van der Waals surface area contributed by atoms with Gasteiger partial charge in [-0.05, 0) is 23.3 Å². The summed E-state index contributed by atoms with van der Waals surface area (Å²) in [6, 6.07) is 13.1. The van der Waals surface area contributed by atoms with Crippen molar-refractivity contribution in [3.8, 4) is 5.75 Å². The lowest BCUT2D eigenvalue weighted by molar-refractivity contribution is -0.142. The van der Waals surface area contributed by atoms with E-state index in [1.807, 2.05) is 30.3 Å². The zero-order valence-electron chi connectivity index (χ0n) is 17.5. The van der Waals surface area contributed by atoms with Crippen molar-refractivity contribution in [2.75, 3.05) is 7.11 Å². The molecule has 0 saturated carbocycles. The first kappa shape index (κ1) is 22.8. The van der Waals surface area contributed by atoms with Crippen molar-refractivity contribution in [1.82, 2.24) is 16.0 Å². The quantitative estimate of drug-likeness (QED) is 0.448. The SMILES string of the molecule is COc1cccc(C[C@@H](NC(=O)C[C@@H]2NC(=O)[C@H](Cc3ccccc3)NC2=O)C(=O)O)c1. The maximum Gasteiger partial charge on any atom is 0.326 e. The first-order valence-electron chi connectivity index (χ1n) is 10.2. The highest BCUT2D eigenvalue weighted by Gasteiger charge is 2.35. The van der Waals surface area contributed by atoms with E-state index < -0.39 is 41.8 Å². The van der Waals surface area contributed by atoms with Gasteiger partial charge in [-0.15, -0.1) is 0 Å². The maximum absolute atomic E-state index is 12.4. The second-order valence-electron chi connectivity index (χ2n) is 7.53. The molecule has 1 saturated heterocycles. The minimum atomic E-state index is -1.21. The number of carbonyl (C=O) groups excluding carboxylic acids is 3. The summed E-state index contributed by atoms with van der Waals surface area (Å²) in [4.78, 5) is 48.9. The van der Waals surface area contributed by atoms with Gasteiger partial charge in [0, 0.05) is 12.8 Å². The fourth-order valence-electron chi connectivity index (χ4n) is 3.49. The third kappa shape index (κ3) is 6.07. The Morgan fingerprint density at radius 2 is 1.66 bits per heavy atom. The molecule has 0 unspecified atom stereocenters. The largest absolute Gasteiger partial charge is 0.497 e. The van der Waals surface area contributed by atoms with E-state index in [2.05, 4.69) is 16.0 Å². The number of carboxylic acids is 1. The highest BCUT2D eigenvalue weighted by atomic mass is 16.5. The number of ether oxygens (including phenoxy) is 1. The van der Waals surface area contributed by atoms with Gasteiger partial charge in [0.2, 0.25) is 17.7 Å². The molecule has 0 spiro atoms. The molecule has 4 N–H and O–H groups in total.